The van der Waals surface area contributed by atoms with E-state index >= 15 is 0 Å². The lowest BCUT2D eigenvalue weighted by molar-refractivity contribution is -0.117. The third-order valence-electron chi connectivity index (χ3n) is 2.10. The maximum atomic E-state index is 10.4. The summed E-state index contributed by atoms with van der Waals surface area (Å²) in [5.41, 5.74) is 3.71. The summed E-state index contributed by atoms with van der Waals surface area (Å²) in [5.74, 6) is 0. The van der Waals surface area contributed by atoms with Crippen LogP contribution >= 0.6 is 0 Å². The van der Waals surface area contributed by atoms with Crippen LogP contribution in [0.1, 0.15) is 16.7 Å². The Morgan fingerprint density at radius 2 is 2.08 bits per heavy atom. The molecule has 2 heteroatoms. The fraction of sp³-hybridized carbons (Fsp3) is 0.364. The molecule has 0 aromatic heterocycles. The fourth-order valence-electron chi connectivity index (χ4n) is 1.33. The van der Waals surface area contributed by atoms with Gasteiger partial charge >= 0.3 is 0 Å². The van der Waals surface area contributed by atoms with E-state index in [1.54, 1.807) is 11.9 Å². The highest BCUT2D eigenvalue weighted by atomic mass is 16.1. The minimum atomic E-state index is 0.690. The molecule has 0 atom stereocenters. The standard InChI is InChI=1S/C11H15NO/c1-9-4-5-11(10(2)6-9)7-12(3)8-13/h4-6,8H,7H2,1-3H3. The average molecular weight is 177 g/mol. The van der Waals surface area contributed by atoms with Crippen molar-refractivity contribution >= 4 is 6.41 Å². The molecule has 0 unspecified atom stereocenters. The van der Waals surface area contributed by atoms with Crippen LogP contribution in [0.2, 0.25) is 0 Å². The normalized spacial score (nSPS) is 9.77. The zero-order valence-electron chi connectivity index (χ0n) is 8.37. The van der Waals surface area contributed by atoms with E-state index in [0.29, 0.717) is 6.54 Å². The Kier molecular flexibility index (Phi) is 3.07. The summed E-state index contributed by atoms with van der Waals surface area (Å²) < 4.78 is 0. The monoisotopic (exact) mass is 177 g/mol. The number of hydrogen-bond acceptors (Lipinski definition) is 1. The van der Waals surface area contributed by atoms with Crippen LogP contribution in [0.3, 0.4) is 0 Å². The molecule has 0 aliphatic carbocycles. The zero-order chi connectivity index (χ0) is 9.84. The van der Waals surface area contributed by atoms with Crippen molar-refractivity contribution in [2.75, 3.05) is 7.05 Å². The molecule has 2 nitrogen and oxygen atoms in total. The van der Waals surface area contributed by atoms with Crippen molar-refractivity contribution in [2.24, 2.45) is 0 Å². The van der Waals surface area contributed by atoms with Gasteiger partial charge in [-0.3, -0.25) is 4.79 Å². The largest absolute Gasteiger partial charge is 0.344 e. The van der Waals surface area contributed by atoms with Gasteiger partial charge in [-0.2, -0.15) is 0 Å². The quantitative estimate of drug-likeness (QED) is 0.646. The number of carbonyl (C=O) groups excluding carboxylic acids is 1. The van der Waals surface area contributed by atoms with E-state index in [0.717, 1.165) is 6.41 Å². The molecular formula is C11H15NO. The van der Waals surface area contributed by atoms with Crippen LogP contribution in [-0.4, -0.2) is 18.4 Å². The van der Waals surface area contributed by atoms with Gasteiger partial charge in [0.25, 0.3) is 0 Å². The molecule has 0 radical (unpaired) electrons. The Bertz CT molecular complexity index is 307. The first kappa shape index (κ1) is 9.78. The van der Waals surface area contributed by atoms with Crippen molar-refractivity contribution < 1.29 is 4.79 Å². The number of amides is 1. The summed E-state index contributed by atoms with van der Waals surface area (Å²) >= 11 is 0. The smallest absolute Gasteiger partial charge is 0.209 e. The van der Waals surface area contributed by atoms with E-state index < -0.39 is 0 Å². The molecule has 0 fully saturated rings. The zero-order valence-corrected chi connectivity index (χ0v) is 8.37. The minimum absolute atomic E-state index is 0.690. The van der Waals surface area contributed by atoms with Gasteiger partial charge in [0.1, 0.15) is 0 Å². The molecule has 0 spiro atoms. The van der Waals surface area contributed by atoms with E-state index in [-0.39, 0.29) is 0 Å². The van der Waals surface area contributed by atoms with Crippen LogP contribution in [-0.2, 0) is 11.3 Å². The third-order valence-corrected chi connectivity index (χ3v) is 2.10. The Balaban J connectivity index is 2.83. The summed E-state index contributed by atoms with van der Waals surface area (Å²) in [6.07, 6.45) is 0.847. The second-order valence-electron chi connectivity index (χ2n) is 3.45. The van der Waals surface area contributed by atoms with Crippen LogP contribution in [0.4, 0.5) is 0 Å². The molecule has 70 valence electrons. The highest BCUT2D eigenvalue weighted by Gasteiger charge is 2.00. The molecule has 1 aromatic carbocycles. The van der Waals surface area contributed by atoms with E-state index in [4.69, 9.17) is 0 Å². The van der Waals surface area contributed by atoms with Gasteiger partial charge in [-0.1, -0.05) is 23.8 Å². The minimum Gasteiger partial charge on any atom is -0.344 e. The Labute approximate surface area is 79.2 Å². The maximum Gasteiger partial charge on any atom is 0.209 e. The van der Waals surface area contributed by atoms with E-state index in [1.807, 2.05) is 0 Å². The lowest BCUT2D eigenvalue weighted by Gasteiger charge is -2.12. The van der Waals surface area contributed by atoms with E-state index in [9.17, 15) is 4.79 Å². The topological polar surface area (TPSA) is 20.3 Å². The van der Waals surface area contributed by atoms with Gasteiger partial charge in [0.2, 0.25) is 6.41 Å². The first-order chi connectivity index (χ1) is 6.13. The number of nitrogens with zero attached hydrogens (tertiary/aromatic N) is 1. The number of rotatable bonds is 3. The van der Waals surface area contributed by atoms with E-state index in [1.165, 1.54) is 16.7 Å². The predicted molar refractivity (Wildman–Crippen MR) is 53.4 cm³/mol. The van der Waals surface area contributed by atoms with Gasteiger partial charge in [-0.25, -0.2) is 0 Å². The summed E-state index contributed by atoms with van der Waals surface area (Å²) in [7, 11) is 1.78. The molecular weight excluding hydrogens is 162 g/mol. The van der Waals surface area contributed by atoms with Crippen LogP contribution < -0.4 is 0 Å². The van der Waals surface area contributed by atoms with Crippen molar-refractivity contribution in [3.8, 4) is 0 Å². The summed E-state index contributed by atoms with van der Waals surface area (Å²) in [4.78, 5) is 12.0. The number of aryl methyl sites for hydroxylation is 2. The van der Waals surface area contributed by atoms with Crippen molar-refractivity contribution in [2.45, 2.75) is 20.4 Å². The van der Waals surface area contributed by atoms with Gasteiger partial charge in [-0.05, 0) is 25.0 Å². The number of benzene rings is 1. The molecule has 0 aliphatic rings. The summed E-state index contributed by atoms with van der Waals surface area (Å²) in [6, 6.07) is 6.28. The molecule has 0 bridgehead atoms. The molecule has 1 rings (SSSR count). The molecule has 13 heavy (non-hydrogen) atoms. The summed E-state index contributed by atoms with van der Waals surface area (Å²) in [5, 5.41) is 0. The molecule has 0 heterocycles. The highest BCUT2D eigenvalue weighted by molar-refractivity contribution is 5.47. The molecule has 1 aromatic rings. The Morgan fingerprint density at radius 1 is 1.38 bits per heavy atom. The number of hydrogen-bond donors (Lipinski definition) is 0. The third kappa shape index (κ3) is 2.58. The Hall–Kier alpha value is -1.31. The first-order valence-corrected chi connectivity index (χ1v) is 4.35. The van der Waals surface area contributed by atoms with Crippen molar-refractivity contribution in [3.63, 3.8) is 0 Å². The first-order valence-electron chi connectivity index (χ1n) is 4.35. The van der Waals surface area contributed by atoms with Crippen LogP contribution in [0, 0.1) is 13.8 Å². The fourth-order valence-corrected chi connectivity index (χ4v) is 1.33. The second-order valence-corrected chi connectivity index (χ2v) is 3.45. The van der Waals surface area contributed by atoms with Crippen molar-refractivity contribution in [1.29, 1.82) is 0 Å². The Morgan fingerprint density at radius 3 is 2.62 bits per heavy atom. The van der Waals surface area contributed by atoms with Gasteiger partial charge in [-0.15, -0.1) is 0 Å². The van der Waals surface area contributed by atoms with Crippen LogP contribution in [0.25, 0.3) is 0 Å². The van der Waals surface area contributed by atoms with Gasteiger partial charge in [0.05, 0.1) is 0 Å². The molecule has 0 aliphatic heterocycles. The lowest BCUT2D eigenvalue weighted by Crippen LogP contribution is -2.15. The maximum absolute atomic E-state index is 10.4. The van der Waals surface area contributed by atoms with Crippen molar-refractivity contribution in [1.82, 2.24) is 4.90 Å². The molecule has 1 amide bonds. The molecule has 0 saturated carbocycles. The van der Waals surface area contributed by atoms with Gasteiger partial charge < -0.3 is 4.90 Å². The van der Waals surface area contributed by atoms with Crippen molar-refractivity contribution in [3.05, 3.63) is 34.9 Å². The number of carbonyl (C=O) groups is 1. The highest BCUT2D eigenvalue weighted by Crippen LogP contribution is 2.11. The lowest BCUT2D eigenvalue weighted by atomic mass is 10.1. The molecule has 0 N–H and O–H groups in total. The van der Waals surface area contributed by atoms with Gasteiger partial charge in [0.15, 0.2) is 0 Å². The average Bonchev–Trinajstić information content (AvgIpc) is 2.09. The van der Waals surface area contributed by atoms with Crippen LogP contribution in [0.15, 0.2) is 18.2 Å². The molecule has 0 saturated heterocycles. The predicted octanol–water partition coefficient (Wildman–Crippen LogP) is 1.89. The van der Waals surface area contributed by atoms with Gasteiger partial charge in [0, 0.05) is 13.6 Å². The van der Waals surface area contributed by atoms with E-state index in [2.05, 4.69) is 32.0 Å². The summed E-state index contributed by atoms with van der Waals surface area (Å²) in [6.45, 7) is 4.83. The SMILES string of the molecule is Cc1ccc(CN(C)C=O)c(C)c1. The van der Waals surface area contributed by atoms with Crippen LogP contribution in [0.5, 0.6) is 0 Å². The second kappa shape index (κ2) is 4.08.